The van der Waals surface area contributed by atoms with E-state index >= 15 is 0 Å². The smallest absolute Gasteiger partial charge is 0.164 e. The van der Waals surface area contributed by atoms with Crippen LogP contribution in [0.1, 0.15) is 6.85 Å². The summed E-state index contributed by atoms with van der Waals surface area (Å²) < 4.78 is 47.1. The number of aromatic nitrogens is 3. The van der Waals surface area contributed by atoms with Crippen LogP contribution in [0.4, 0.5) is 0 Å². The summed E-state index contributed by atoms with van der Waals surface area (Å²) >= 11 is 0. The molecule has 9 rings (SSSR count). The molecule has 230 valence electrons. The molecule has 49 heavy (non-hydrogen) atoms. The van der Waals surface area contributed by atoms with Crippen LogP contribution in [-0.2, 0) is 0 Å². The highest BCUT2D eigenvalue weighted by Gasteiger charge is 2.16. The van der Waals surface area contributed by atoms with Crippen LogP contribution < -0.4 is 0 Å². The van der Waals surface area contributed by atoms with Crippen LogP contribution in [0.3, 0.4) is 0 Å². The minimum atomic E-state index is -0.399. The number of hydrogen-bond donors (Lipinski definition) is 0. The van der Waals surface area contributed by atoms with Crippen molar-refractivity contribution in [1.82, 2.24) is 15.0 Å². The summed E-state index contributed by atoms with van der Waals surface area (Å²) in [4.78, 5) is 14.6. The van der Waals surface area contributed by atoms with Crippen molar-refractivity contribution in [3.8, 4) is 67.5 Å². The molecular weight excluding hydrogens is 599 g/mol. The van der Waals surface area contributed by atoms with Gasteiger partial charge in [0.25, 0.3) is 0 Å². The first-order valence-electron chi connectivity index (χ1n) is 18.4. The average molecular weight is 633 g/mol. The van der Waals surface area contributed by atoms with Gasteiger partial charge in [-0.25, -0.2) is 15.0 Å². The molecule has 0 aliphatic heterocycles. The van der Waals surface area contributed by atoms with Crippen molar-refractivity contribution in [3.05, 3.63) is 176 Å². The normalized spacial score (nSPS) is 12.7. The van der Waals surface area contributed by atoms with Crippen LogP contribution in [-0.4, -0.2) is 15.0 Å². The van der Waals surface area contributed by atoms with E-state index in [9.17, 15) is 0 Å². The Bertz CT molecular complexity index is 2770. The lowest BCUT2D eigenvalue weighted by Gasteiger charge is -2.09. The molecule has 2 aromatic heterocycles. The Morgan fingerprint density at radius 2 is 0.898 bits per heavy atom. The van der Waals surface area contributed by atoms with E-state index in [1.807, 2.05) is 97.1 Å². The maximum absolute atomic E-state index is 8.33. The molecule has 0 aliphatic carbocycles. The molecule has 4 heteroatoms. The third-order valence-electron chi connectivity index (χ3n) is 8.66. The number of benzene rings is 7. The fourth-order valence-corrected chi connectivity index (χ4v) is 6.21. The fourth-order valence-electron chi connectivity index (χ4n) is 6.21. The Hall–Kier alpha value is -6.65. The van der Waals surface area contributed by atoms with Crippen LogP contribution in [0, 0.1) is 0 Å². The Kier molecular flexibility index (Phi) is 5.87. The van der Waals surface area contributed by atoms with Crippen molar-refractivity contribution in [2.75, 3.05) is 0 Å². The van der Waals surface area contributed by atoms with E-state index < -0.39 is 6.04 Å². The zero-order chi connectivity index (χ0) is 36.9. The summed E-state index contributed by atoms with van der Waals surface area (Å²) in [5, 5.41) is 2.00. The number of furan rings is 1. The average Bonchev–Trinajstić information content (AvgIpc) is 3.61. The third kappa shape index (κ3) is 5.45. The number of hydrogen-bond acceptors (Lipinski definition) is 4. The van der Waals surface area contributed by atoms with Gasteiger partial charge in [-0.05, 0) is 51.6 Å². The molecular formula is C45H29N3O. The molecule has 0 atom stereocenters. The molecule has 0 saturated carbocycles. The van der Waals surface area contributed by atoms with Gasteiger partial charge in [0.05, 0.1) is 6.85 Å². The Labute approximate surface area is 291 Å². The SMILES string of the molecule is [2H]c1c([2H])c([2H])c(-c2ccc(-c3ccc(-c4cccc5oc6cc(-c7nc(-c8ccccc8)nc(-c8ccccc8)n7)ccc6c45)cc3)cc2)c([2H])c1[2H]. The largest absolute Gasteiger partial charge is 0.456 e. The molecule has 7 aromatic carbocycles. The van der Waals surface area contributed by atoms with E-state index in [0.717, 1.165) is 60.9 Å². The van der Waals surface area contributed by atoms with Gasteiger partial charge >= 0.3 is 0 Å². The maximum Gasteiger partial charge on any atom is 0.164 e. The van der Waals surface area contributed by atoms with Crippen LogP contribution in [0.5, 0.6) is 0 Å². The minimum absolute atomic E-state index is 0.192. The summed E-state index contributed by atoms with van der Waals surface area (Å²) in [6.07, 6.45) is 0. The summed E-state index contributed by atoms with van der Waals surface area (Å²) in [5.74, 6) is 1.75. The molecule has 9 aromatic rings. The highest BCUT2D eigenvalue weighted by molar-refractivity contribution is 6.13. The fraction of sp³-hybridized carbons (Fsp3) is 0. The highest BCUT2D eigenvalue weighted by Crippen LogP contribution is 2.39. The Morgan fingerprint density at radius 3 is 1.49 bits per heavy atom. The van der Waals surface area contributed by atoms with Gasteiger partial charge in [0.2, 0.25) is 0 Å². The van der Waals surface area contributed by atoms with Crippen LogP contribution >= 0.6 is 0 Å². The van der Waals surface area contributed by atoms with E-state index in [-0.39, 0.29) is 29.7 Å². The zero-order valence-corrected chi connectivity index (χ0v) is 26.1. The molecule has 0 unspecified atom stereocenters. The number of fused-ring (bicyclic) bond motifs is 3. The predicted molar refractivity (Wildman–Crippen MR) is 200 cm³/mol. The first kappa shape index (κ1) is 23.6. The molecule has 4 nitrogen and oxygen atoms in total. The van der Waals surface area contributed by atoms with Crippen LogP contribution in [0.2, 0.25) is 0 Å². The van der Waals surface area contributed by atoms with Gasteiger partial charge in [0.1, 0.15) is 11.2 Å². The lowest BCUT2D eigenvalue weighted by atomic mass is 9.96. The second kappa shape index (κ2) is 12.2. The van der Waals surface area contributed by atoms with Crippen LogP contribution in [0.25, 0.3) is 89.5 Å². The molecule has 0 N–H and O–H groups in total. The Balaban J connectivity index is 1.06. The van der Waals surface area contributed by atoms with Crippen molar-refractivity contribution in [2.45, 2.75) is 0 Å². The van der Waals surface area contributed by atoms with Gasteiger partial charge in [-0.1, -0.05) is 158 Å². The van der Waals surface area contributed by atoms with Crippen molar-refractivity contribution in [2.24, 2.45) is 0 Å². The van der Waals surface area contributed by atoms with Gasteiger partial charge in [-0.15, -0.1) is 0 Å². The summed E-state index contributed by atoms with van der Waals surface area (Å²) in [7, 11) is 0. The van der Waals surface area contributed by atoms with E-state index in [0.29, 0.717) is 23.0 Å². The summed E-state index contributed by atoms with van der Waals surface area (Å²) in [6.45, 7) is 0. The molecule has 0 radical (unpaired) electrons. The molecule has 0 spiro atoms. The van der Waals surface area contributed by atoms with Gasteiger partial charge in [-0.2, -0.15) is 0 Å². The Morgan fingerprint density at radius 1 is 0.388 bits per heavy atom. The van der Waals surface area contributed by atoms with Gasteiger partial charge in [0.15, 0.2) is 17.5 Å². The second-order valence-corrected chi connectivity index (χ2v) is 11.7. The molecule has 0 bridgehead atoms. The molecule has 0 aliphatic rings. The lowest BCUT2D eigenvalue weighted by molar-refractivity contribution is 0.669. The molecule has 2 heterocycles. The van der Waals surface area contributed by atoms with E-state index in [4.69, 9.17) is 26.2 Å². The van der Waals surface area contributed by atoms with Gasteiger partial charge < -0.3 is 4.42 Å². The van der Waals surface area contributed by atoms with Gasteiger partial charge in [0, 0.05) is 27.5 Å². The quantitative estimate of drug-likeness (QED) is 0.183. The summed E-state index contributed by atoms with van der Waals surface area (Å²) in [6, 6.07) is 46.2. The third-order valence-corrected chi connectivity index (χ3v) is 8.66. The first-order valence-corrected chi connectivity index (χ1v) is 15.9. The monoisotopic (exact) mass is 632 g/mol. The topological polar surface area (TPSA) is 51.8 Å². The van der Waals surface area contributed by atoms with Gasteiger partial charge in [-0.3, -0.25) is 0 Å². The van der Waals surface area contributed by atoms with Crippen molar-refractivity contribution >= 4 is 21.9 Å². The van der Waals surface area contributed by atoms with E-state index in [1.165, 1.54) is 0 Å². The lowest BCUT2D eigenvalue weighted by Crippen LogP contribution is -2.00. The maximum atomic E-state index is 8.33. The first-order chi connectivity index (χ1) is 26.3. The summed E-state index contributed by atoms with van der Waals surface area (Å²) in [5.41, 5.74) is 8.91. The molecule has 0 amide bonds. The van der Waals surface area contributed by atoms with E-state index in [2.05, 4.69) is 36.4 Å². The van der Waals surface area contributed by atoms with Crippen molar-refractivity contribution in [1.29, 1.82) is 0 Å². The predicted octanol–water partition coefficient (Wildman–Crippen LogP) is 11.8. The number of rotatable bonds is 6. The second-order valence-electron chi connectivity index (χ2n) is 11.7. The molecule has 0 fully saturated rings. The molecule has 0 saturated heterocycles. The van der Waals surface area contributed by atoms with Crippen molar-refractivity contribution in [3.63, 3.8) is 0 Å². The van der Waals surface area contributed by atoms with E-state index in [1.54, 1.807) is 12.1 Å². The number of nitrogens with zero attached hydrogens (tertiary/aromatic N) is 3. The van der Waals surface area contributed by atoms with Crippen molar-refractivity contribution < 1.29 is 11.3 Å². The minimum Gasteiger partial charge on any atom is -0.456 e. The standard InChI is InChI=1S/C45H29N3O/c1-4-11-30(12-5-1)31-19-21-32(22-20-31)33-23-25-34(26-24-33)38-17-10-18-40-42(38)39-28-27-37(29-41(39)49-40)45-47-43(35-13-6-2-7-14-35)46-44(48-45)36-15-8-3-9-16-36/h1-29H/i1D,4D,5D,11D,12D. The zero-order valence-electron chi connectivity index (χ0n) is 31.1. The highest BCUT2D eigenvalue weighted by atomic mass is 16.3. The van der Waals surface area contributed by atoms with Crippen LogP contribution in [0.15, 0.2) is 180 Å².